The van der Waals surface area contributed by atoms with Gasteiger partial charge in [-0.1, -0.05) is 30.3 Å². The maximum Gasteiger partial charge on any atom is 0.159 e. The Morgan fingerprint density at radius 2 is 1.64 bits per heavy atom. The van der Waals surface area contributed by atoms with Crippen molar-refractivity contribution in [1.82, 2.24) is 0 Å². The van der Waals surface area contributed by atoms with Crippen LogP contribution in [0.1, 0.15) is 31.1 Å². The van der Waals surface area contributed by atoms with Gasteiger partial charge in [0, 0.05) is 18.8 Å². The fourth-order valence-corrected chi connectivity index (χ4v) is 0.877. The number of ketones is 1. The van der Waals surface area contributed by atoms with Crippen LogP contribution >= 0.6 is 0 Å². The molecule has 0 N–H and O–H groups in total. The summed E-state index contributed by atoms with van der Waals surface area (Å²) in [6.45, 7) is 7.23. The molecule has 0 unspecified atom stereocenters. The van der Waals surface area contributed by atoms with Crippen molar-refractivity contribution in [2.24, 2.45) is 0 Å². The van der Waals surface area contributed by atoms with Crippen LogP contribution in [0.15, 0.2) is 30.3 Å². The average molecular weight is 194 g/mol. The molecule has 0 aliphatic rings. The standard InChI is InChI=1S/C8H8O.C4H10O/c1-7(9)8-5-3-2-4-6-8;1-3-5-4-2/h2-6H,1H3;3-4H2,1-2H3. The summed E-state index contributed by atoms with van der Waals surface area (Å²) in [6.07, 6.45) is 0. The summed E-state index contributed by atoms with van der Waals surface area (Å²) >= 11 is 0. The van der Waals surface area contributed by atoms with Gasteiger partial charge in [0.25, 0.3) is 0 Å². The molecule has 1 aromatic rings. The maximum atomic E-state index is 10.6. The van der Waals surface area contributed by atoms with Gasteiger partial charge >= 0.3 is 0 Å². The number of hydrogen-bond donors (Lipinski definition) is 0. The molecule has 0 atom stereocenters. The van der Waals surface area contributed by atoms with E-state index < -0.39 is 0 Å². The molecule has 0 radical (unpaired) electrons. The van der Waals surface area contributed by atoms with Crippen molar-refractivity contribution in [3.8, 4) is 0 Å². The third-order valence-corrected chi connectivity index (χ3v) is 1.59. The van der Waals surface area contributed by atoms with Crippen LogP contribution in [0.3, 0.4) is 0 Å². The van der Waals surface area contributed by atoms with Crippen molar-refractivity contribution in [3.63, 3.8) is 0 Å². The molecule has 0 spiro atoms. The van der Waals surface area contributed by atoms with Crippen molar-refractivity contribution in [1.29, 1.82) is 0 Å². The van der Waals surface area contributed by atoms with Crippen molar-refractivity contribution in [2.45, 2.75) is 20.8 Å². The molecule has 0 heterocycles. The summed E-state index contributed by atoms with van der Waals surface area (Å²) in [5, 5.41) is 0. The maximum absolute atomic E-state index is 10.6. The van der Waals surface area contributed by atoms with Crippen molar-refractivity contribution in [2.75, 3.05) is 13.2 Å². The highest BCUT2D eigenvalue weighted by Gasteiger charge is 1.92. The van der Waals surface area contributed by atoms with E-state index in [9.17, 15) is 4.79 Å². The first-order valence-electron chi connectivity index (χ1n) is 4.86. The minimum absolute atomic E-state index is 0.121. The first-order valence-corrected chi connectivity index (χ1v) is 4.86. The molecule has 0 aromatic heterocycles. The molecule has 0 saturated carbocycles. The van der Waals surface area contributed by atoms with E-state index >= 15 is 0 Å². The van der Waals surface area contributed by atoms with Crippen molar-refractivity contribution < 1.29 is 9.53 Å². The summed E-state index contributed by atoms with van der Waals surface area (Å²) < 4.78 is 4.83. The molecule has 0 amide bonds. The van der Waals surface area contributed by atoms with Gasteiger partial charge in [-0.2, -0.15) is 0 Å². The minimum Gasteiger partial charge on any atom is -0.382 e. The smallest absolute Gasteiger partial charge is 0.159 e. The summed E-state index contributed by atoms with van der Waals surface area (Å²) in [7, 11) is 0. The van der Waals surface area contributed by atoms with Crippen LogP contribution in [0.2, 0.25) is 0 Å². The summed E-state index contributed by atoms with van der Waals surface area (Å²) in [4.78, 5) is 10.6. The molecule has 0 aliphatic carbocycles. The molecule has 1 rings (SSSR count). The van der Waals surface area contributed by atoms with Crippen LogP contribution in [0.4, 0.5) is 0 Å². The fraction of sp³-hybridized carbons (Fsp3) is 0.417. The van der Waals surface area contributed by atoms with Gasteiger partial charge in [0.05, 0.1) is 0 Å². The summed E-state index contributed by atoms with van der Waals surface area (Å²) in [5.74, 6) is 0.121. The molecule has 0 bridgehead atoms. The number of ether oxygens (including phenoxy) is 1. The molecular formula is C12H18O2. The Morgan fingerprint density at radius 1 is 1.14 bits per heavy atom. The quantitative estimate of drug-likeness (QED) is 0.691. The molecule has 14 heavy (non-hydrogen) atoms. The van der Waals surface area contributed by atoms with E-state index in [1.54, 1.807) is 6.92 Å². The number of carbonyl (C=O) groups excluding carboxylic acids is 1. The second kappa shape index (κ2) is 8.45. The van der Waals surface area contributed by atoms with Crippen LogP contribution in [-0.2, 0) is 4.74 Å². The van der Waals surface area contributed by atoms with Crippen LogP contribution in [0.5, 0.6) is 0 Å². The van der Waals surface area contributed by atoms with E-state index in [2.05, 4.69) is 0 Å². The number of carbonyl (C=O) groups is 1. The van der Waals surface area contributed by atoms with Crippen LogP contribution in [-0.4, -0.2) is 19.0 Å². The Morgan fingerprint density at radius 3 is 1.86 bits per heavy atom. The molecule has 1 aromatic carbocycles. The van der Waals surface area contributed by atoms with Crippen molar-refractivity contribution >= 4 is 5.78 Å². The average Bonchev–Trinajstić information content (AvgIpc) is 2.21. The highest BCUT2D eigenvalue weighted by molar-refractivity contribution is 5.93. The summed E-state index contributed by atoms with van der Waals surface area (Å²) in [6, 6.07) is 9.23. The van der Waals surface area contributed by atoms with Gasteiger partial charge in [-0.15, -0.1) is 0 Å². The van der Waals surface area contributed by atoms with Gasteiger partial charge < -0.3 is 4.74 Å². The molecule has 0 aliphatic heterocycles. The Hall–Kier alpha value is -1.15. The lowest BCUT2D eigenvalue weighted by molar-refractivity contribution is 0.101. The van der Waals surface area contributed by atoms with Gasteiger partial charge in [0.2, 0.25) is 0 Å². The van der Waals surface area contributed by atoms with Crippen LogP contribution in [0.25, 0.3) is 0 Å². The Kier molecular flexibility index (Phi) is 7.75. The highest BCUT2D eigenvalue weighted by atomic mass is 16.5. The molecule has 2 heteroatoms. The van der Waals surface area contributed by atoms with Crippen LogP contribution in [0, 0.1) is 0 Å². The fourth-order valence-electron chi connectivity index (χ4n) is 0.877. The number of Topliss-reactive ketones (excluding diaryl/α,β-unsaturated/α-hetero) is 1. The second-order valence-corrected chi connectivity index (χ2v) is 2.70. The zero-order valence-corrected chi connectivity index (χ0v) is 9.12. The van der Waals surface area contributed by atoms with E-state index in [1.807, 2.05) is 44.2 Å². The van der Waals surface area contributed by atoms with Crippen molar-refractivity contribution in [3.05, 3.63) is 35.9 Å². The molecule has 0 saturated heterocycles. The highest BCUT2D eigenvalue weighted by Crippen LogP contribution is 1.97. The third-order valence-electron chi connectivity index (χ3n) is 1.59. The molecular weight excluding hydrogens is 176 g/mol. The lowest BCUT2D eigenvalue weighted by atomic mass is 10.2. The first kappa shape index (κ1) is 12.8. The monoisotopic (exact) mass is 194 g/mol. The van der Waals surface area contributed by atoms with Gasteiger partial charge in [-0.25, -0.2) is 0 Å². The predicted octanol–water partition coefficient (Wildman–Crippen LogP) is 2.93. The Bertz CT molecular complexity index is 240. The minimum atomic E-state index is 0.121. The van der Waals surface area contributed by atoms with Gasteiger partial charge in [-0.3, -0.25) is 4.79 Å². The molecule has 78 valence electrons. The zero-order valence-electron chi connectivity index (χ0n) is 9.12. The second-order valence-electron chi connectivity index (χ2n) is 2.70. The largest absolute Gasteiger partial charge is 0.382 e. The topological polar surface area (TPSA) is 26.3 Å². The van der Waals surface area contributed by atoms with E-state index in [4.69, 9.17) is 4.74 Å². The first-order chi connectivity index (χ1) is 6.72. The van der Waals surface area contributed by atoms with E-state index in [-0.39, 0.29) is 5.78 Å². The van der Waals surface area contributed by atoms with E-state index in [1.165, 1.54) is 0 Å². The Labute approximate surface area is 85.9 Å². The summed E-state index contributed by atoms with van der Waals surface area (Å²) in [5.41, 5.74) is 0.775. The molecule has 2 nitrogen and oxygen atoms in total. The van der Waals surface area contributed by atoms with E-state index in [0.29, 0.717) is 0 Å². The lowest BCUT2D eigenvalue weighted by Crippen LogP contribution is -1.88. The predicted molar refractivity (Wildman–Crippen MR) is 58.6 cm³/mol. The van der Waals surface area contributed by atoms with Gasteiger partial charge in [0.1, 0.15) is 0 Å². The number of rotatable bonds is 3. The van der Waals surface area contributed by atoms with Gasteiger partial charge in [0.15, 0.2) is 5.78 Å². The van der Waals surface area contributed by atoms with Gasteiger partial charge in [-0.05, 0) is 20.8 Å². The Balaban J connectivity index is 0.000000292. The lowest BCUT2D eigenvalue weighted by Gasteiger charge is -1.89. The number of benzene rings is 1. The number of hydrogen-bond acceptors (Lipinski definition) is 2. The zero-order chi connectivity index (χ0) is 10.8. The molecule has 0 fully saturated rings. The SMILES string of the molecule is CC(=O)c1ccccc1.CCOCC. The van der Waals surface area contributed by atoms with Crippen LogP contribution < -0.4 is 0 Å². The van der Waals surface area contributed by atoms with E-state index in [0.717, 1.165) is 18.8 Å². The normalized spacial score (nSPS) is 8.79. The third kappa shape index (κ3) is 6.38.